The van der Waals surface area contributed by atoms with Gasteiger partial charge in [-0.3, -0.25) is 4.79 Å². The molecule has 0 saturated carbocycles. The minimum absolute atomic E-state index is 0.259. The molecule has 0 unspecified atom stereocenters. The molecule has 5 nitrogen and oxygen atoms in total. The molecular formula is C19H18FNO4. The van der Waals surface area contributed by atoms with E-state index in [2.05, 4.69) is 5.32 Å². The molecule has 0 aromatic heterocycles. The molecule has 2 aromatic rings. The van der Waals surface area contributed by atoms with Crippen LogP contribution in [0, 0.1) is 5.82 Å². The monoisotopic (exact) mass is 343 g/mol. The Morgan fingerprint density at radius 2 is 1.80 bits per heavy atom. The Bertz CT molecular complexity index is 771. The second kappa shape index (κ2) is 8.63. The van der Waals surface area contributed by atoms with Crippen molar-refractivity contribution in [2.75, 3.05) is 12.4 Å². The van der Waals surface area contributed by atoms with Gasteiger partial charge in [-0.1, -0.05) is 18.2 Å². The summed E-state index contributed by atoms with van der Waals surface area (Å²) in [6, 6.07) is 12.8. The molecule has 6 heteroatoms. The number of methoxy groups -OCH3 is 1. The van der Waals surface area contributed by atoms with E-state index >= 15 is 0 Å². The summed E-state index contributed by atoms with van der Waals surface area (Å²) in [5.74, 6) is -0.994. The van der Waals surface area contributed by atoms with Crippen molar-refractivity contribution in [1.82, 2.24) is 0 Å². The van der Waals surface area contributed by atoms with Crippen LogP contribution in [0.4, 0.5) is 10.1 Å². The highest BCUT2D eigenvalue weighted by Gasteiger charge is 2.16. The van der Waals surface area contributed by atoms with Crippen molar-refractivity contribution in [1.29, 1.82) is 0 Å². The molecule has 0 saturated heterocycles. The molecule has 0 heterocycles. The second-order valence-electron chi connectivity index (χ2n) is 5.15. The van der Waals surface area contributed by atoms with E-state index in [-0.39, 0.29) is 5.56 Å². The van der Waals surface area contributed by atoms with Gasteiger partial charge in [0.15, 0.2) is 6.10 Å². The van der Waals surface area contributed by atoms with Crippen molar-refractivity contribution in [2.24, 2.45) is 0 Å². The molecule has 130 valence electrons. The van der Waals surface area contributed by atoms with Crippen LogP contribution in [0.2, 0.25) is 0 Å². The summed E-state index contributed by atoms with van der Waals surface area (Å²) in [4.78, 5) is 23.8. The van der Waals surface area contributed by atoms with Crippen LogP contribution in [0.25, 0.3) is 6.08 Å². The minimum Gasteiger partial charge on any atom is -0.497 e. The van der Waals surface area contributed by atoms with Gasteiger partial charge in [0.25, 0.3) is 5.91 Å². The lowest BCUT2D eigenvalue weighted by Gasteiger charge is -2.12. The fourth-order valence-electron chi connectivity index (χ4n) is 1.95. The Kier molecular flexibility index (Phi) is 6.28. The molecule has 1 N–H and O–H groups in total. The zero-order valence-corrected chi connectivity index (χ0v) is 13.9. The topological polar surface area (TPSA) is 64.6 Å². The first-order chi connectivity index (χ1) is 12.0. The van der Waals surface area contributed by atoms with Crippen LogP contribution in [0.15, 0.2) is 54.6 Å². The van der Waals surface area contributed by atoms with E-state index in [9.17, 15) is 14.0 Å². The molecule has 1 atom stereocenters. The van der Waals surface area contributed by atoms with E-state index < -0.39 is 23.8 Å². The van der Waals surface area contributed by atoms with Crippen LogP contribution in [-0.2, 0) is 14.3 Å². The molecule has 0 radical (unpaired) electrons. The van der Waals surface area contributed by atoms with Gasteiger partial charge in [0.1, 0.15) is 11.6 Å². The Morgan fingerprint density at radius 1 is 1.12 bits per heavy atom. The molecule has 0 aliphatic heterocycles. The van der Waals surface area contributed by atoms with Gasteiger partial charge in [-0.05, 0) is 43.3 Å². The number of ether oxygens (including phenoxy) is 2. The van der Waals surface area contributed by atoms with E-state index in [0.717, 1.165) is 6.08 Å². The van der Waals surface area contributed by atoms with Crippen LogP contribution < -0.4 is 10.1 Å². The number of hydrogen-bond donors (Lipinski definition) is 1. The average Bonchev–Trinajstić information content (AvgIpc) is 2.61. The van der Waals surface area contributed by atoms with E-state index in [1.54, 1.807) is 43.5 Å². The van der Waals surface area contributed by atoms with Gasteiger partial charge in [0.2, 0.25) is 0 Å². The number of carbonyl (C=O) groups is 2. The number of benzene rings is 2. The van der Waals surface area contributed by atoms with Gasteiger partial charge in [-0.2, -0.15) is 0 Å². The number of rotatable bonds is 6. The maximum absolute atomic E-state index is 13.5. The lowest BCUT2D eigenvalue weighted by atomic mass is 10.2. The van der Waals surface area contributed by atoms with Crippen molar-refractivity contribution in [3.8, 4) is 5.75 Å². The van der Waals surface area contributed by atoms with Crippen molar-refractivity contribution in [3.05, 3.63) is 66.0 Å². The van der Waals surface area contributed by atoms with E-state index in [1.165, 1.54) is 25.1 Å². The first-order valence-electron chi connectivity index (χ1n) is 7.57. The van der Waals surface area contributed by atoms with Crippen molar-refractivity contribution in [2.45, 2.75) is 13.0 Å². The quantitative estimate of drug-likeness (QED) is 0.645. The molecule has 0 aliphatic carbocycles. The smallest absolute Gasteiger partial charge is 0.331 e. The van der Waals surface area contributed by atoms with E-state index in [4.69, 9.17) is 9.47 Å². The maximum atomic E-state index is 13.5. The molecule has 0 fully saturated rings. The third-order valence-corrected chi connectivity index (χ3v) is 3.32. The molecule has 1 amide bonds. The largest absolute Gasteiger partial charge is 0.497 e. The summed E-state index contributed by atoms with van der Waals surface area (Å²) < 4.78 is 23.5. The lowest BCUT2D eigenvalue weighted by Crippen LogP contribution is -2.29. The van der Waals surface area contributed by atoms with Crippen LogP contribution in [0.1, 0.15) is 12.5 Å². The fourth-order valence-corrected chi connectivity index (χ4v) is 1.95. The van der Waals surface area contributed by atoms with Crippen molar-refractivity contribution >= 4 is 23.6 Å². The summed E-state index contributed by atoms with van der Waals surface area (Å²) in [6.45, 7) is 1.45. The zero-order chi connectivity index (χ0) is 18.2. The van der Waals surface area contributed by atoms with E-state index in [1.807, 2.05) is 0 Å². The second-order valence-corrected chi connectivity index (χ2v) is 5.15. The SMILES string of the molecule is COc1ccc(NC(=O)[C@H](C)OC(=O)/C=C/c2ccccc2F)cc1. The van der Waals surface area contributed by atoms with Gasteiger partial charge in [-0.25, -0.2) is 9.18 Å². The molecule has 0 spiro atoms. The Balaban J connectivity index is 1.89. The predicted molar refractivity (Wildman–Crippen MR) is 92.6 cm³/mol. The number of amides is 1. The van der Waals surface area contributed by atoms with Gasteiger partial charge in [-0.15, -0.1) is 0 Å². The standard InChI is InChI=1S/C19H18FNO4/c1-13(19(23)21-15-8-10-16(24-2)11-9-15)25-18(22)12-7-14-5-3-4-6-17(14)20/h3-13H,1-2H3,(H,21,23)/b12-7+/t13-/m0/s1. The van der Waals surface area contributed by atoms with Crippen LogP contribution in [0.3, 0.4) is 0 Å². The molecule has 0 bridgehead atoms. The predicted octanol–water partition coefficient (Wildman–Crippen LogP) is 3.42. The third-order valence-electron chi connectivity index (χ3n) is 3.32. The molecule has 2 rings (SSSR count). The fraction of sp³-hybridized carbons (Fsp3) is 0.158. The van der Waals surface area contributed by atoms with Gasteiger partial charge in [0.05, 0.1) is 7.11 Å². The highest BCUT2D eigenvalue weighted by Crippen LogP contribution is 2.15. The van der Waals surface area contributed by atoms with Crippen molar-refractivity contribution in [3.63, 3.8) is 0 Å². The summed E-state index contributed by atoms with van der Waals surface area (Å²) in [7, 11) is 1.55. The van der Waals surface area contributed by atoms with E-state index in [0.29, 0.717) is 11.4 Å². The molecule has 2 aromatic carbocycles. The maximum Gasteiger partial charge on any atom is 0.331 e. The first-order valence-corrected chi connectivity index (χ1v) is 7.57. The van der Waals surface area contributed by atoms with Gasteiger partial charge < -0.3 is 14.8 Å². The summed E-state index contributed by atoms with van der Waals surface area (Å²) in [5, 5.41) is 2.63. The van der Waals surface area contributed by atoms with Crippen molar-refractivity contribution < 1.29 is 23.5 Å². The molecule has 25 heavy (non-hydrogen) atoms. The molecular weight excluding hydrogens is 325 g/mol. The van der Waals surface area contributed by atoms with Gasteiger partial charge in [0, 0.05) is 17.3 Å². The zero-order valence-electron chi connectivity index (χ0n) is 13.9. The minimum atomic E-state index is -1.00. The third kappa shape index (κ3) is 5.46. The summed E-state index contributed by atoms with van der Waals surface area (Å²) in [5.41, 5.74) is 0.811. The summed E-state index contributed by atoms with van der Waals surface area (Å²) >= 11 is 0. The number of carbonyl (C=O) groups excluding carboxylic acids is 2. The lowest BCUT2D eigenvalue weighted by molar-refractivity contribution is -0.148. The highest BCUT2D eigenvalue weighted by atomic mass is 19.1. The average molecular weight is 343 g/mol. The first kappa shape index (κ1) is 18.2. The Labute approximate surface area is 145 Å². The summed E-state index contributed by atoms with van der Waals surface area (Å²) in [6.07, 6.45) is 1.38. The normalized spacial score (nSPS) is 11.8. The molecule has 0 aliphatic rings. The number of anilines is 1. The number of halogens is 1. The number of esters is 1. The number of nitrogens with one attached hydrogen (secondary N) is 1. The number of hydrogen-bond acceptors (Lipinski definition) is 4. The van der Waals surface area contributed by atoms with Crippen LogP contribution in [-0.4, -0.2) is 25.1 Å². The van der Waals surface area contributed by atoms with Gasteiger partial charge >= 0.3 is 5.97 Å². The van der Waals surface area contributed by atoms with Crippen LogP contribution in [0.5, 0.6) is 5.75 Å². The Hall–Kier alpha value is -3.15. The highest BCUT2D eigenvalue weighted by molar-refractivity contribution is 5.96. The van der Waals surface area contributed by atoms with Crippen LogP contribution >= 0.6 is 0 Å². The Morgan fingerprint density at radius 3 is 2.44 bits per heavy atom.